The largest absolute Gasteiger partial charge is 0.497 e. The van der Waals surface area contributed by atoms with Gasteiger partial charge >= 0.3 is 0 Å². The minimum atomic E-state index is -0.787. The fourth-order valence-electron chi connectivity index (χ4n) is 2.99. The SMILES string of the molecule is CNC(=O)[C@H](Cc1ccc(OC)cc1)NC(=O)[C@H](CC(C)C)[C@H](C)C(=O)NO. The van der Waals surface area contributed by atoms with Crippen molar-refractivity contribution in [3.63, 3.8) is 0 Å². The van der Waals surface area contributed by atoms with Crippen LogP contribution in [0, 0.1) is 17.8 Å². The molecule has 1 rings (SSSR count). The molecule has 4 N–H and O–H groups in total. The van der Waals surface area contributed by atoms with E-state index in [1.807, 2.05) is 26.0 Å². The molecular weight excluding hydrogens is 362 g/mol. The molecule has 0 radical (unpaired) electrons. The summed E-state index contributed by atoms with van der Waals surface area (Å²) in [4.78, 5) is 37.0. The second-order valence-electron chi connectivity index (χ2n) is 7.23. The second-order valence-corrected chi connectivity index (χ2v) is 7.23. The highest BCUT2D eigenvalue weighted by Gasteiger charge is 2.33. The lowest BCUT2D eigenvalue weighted by atomic mass is 9.85. The predicted molar refractivity (Wildman–Crippen MR) is 105 cm³/mol. The van der Waals surface area contributed by atoms with E-state index in [4.69, 9.17) is 9.94 Å². The molecule has 28 heavy (non-hydrogen) atoms. The quantitative estimate of drug-likeness (QED) is 0.353. The van der Waals surface area contributed by atoms with Crippen molar-refractivity contribution in [3.05, 3.63) is 29.8 Å². The molecule has 1 aromatic rings. The first-order valence-corrected chi connectivity index (χ1v) is 9.32. The summed E-state index contributed by atoms with van der Waals surface area (Å²) in [6, 6.07) is 6.44. The first kappa shape index (κ1) is 23.4. The van der Waals surface area contributed by atoms with E-state index in [1.54, 1.807) is 31.6 Å². The zero-order valence-corrected chi connectivity index (χ0v) is 17.1. The highest BCUT2D eigenvalue weighted by atomic mass is 16.5. The molecule has 3 amide bonds. The van der Waals surface area contributed by atoms with E-state index in [9.17, 15) is 14.4 Å². The topological polar surface area (TPSA) is 117 Å². The molecule has 0 saturated carbocycles. The Bertz CT molecular complexity index is 660. The summed E-state index contributed by atoms with van der Waals surface area (Å²) in [7, 11) is 3.07. The van der Waals surface area contributed by atoms with Crippen molar-refractivity contribution in [3.8, 4) is 5.75 Å². The number of rotatable bonds is 10. The first-order valence-electron chi connectivity index (χ1n) is 9.32. The molecule has 0 unspecified atom stereocenters. The van der Waals surface area contributed by atoms with E-state index >= 15 is 0 Å². The number of nitrogens with one attached hydrogen (secondary N) is 3. The van der Waals surface area contributed by atoms with Crippen molar-refractivity contribution in [2.75, 3.05) is 14.2 Å². The fourth-order valence-corrected chi connectivity index (χ4v) is 2.99. The van der Waals surface area contributed by atoms with Crippen molar-refractivity contribution in [1.82, 2.24) is 16.1 Å². The number of carbonyl (C=O) groups is 3. The molecule has 0 heterocycles. The number of methoxy groups -OCH3 is 1. The van der Waals surface area contributed by atoms with Gasteiger partial charge in [-0.25, -0.2) is 5.48 Å². The van der Waals surface area contributed by atoms with Crippen LogP contribution in [-0.4, -0.2) is 43.1 Å². The van der Waals surface area contributed by atoms with Gasteiger partial charge in [0, 0.05) is 25.3 Å². The fraction of sp³-hybridized carbons (Fsp3) is 0.550. The smallest absolute Gasteiger partial charge is 0.246 e. The Hall–Kier alpha value is -2.61. The molecule has 0 aliphatic heterocycles. The maximum Gasteiger partial charge on any atom is 0.246 e. The summed E-state index contributed by atoms with van der Waals surface area (Å²) >= 11 is 0. The van der Waals surface area contributed by atoms with E-state index in [2.05, 4.69) is 10.6 Å². The van der Waals surface area contributed by atoms with Gasteiger partial charge in [0.2, 0.25) is 17.7 Å². The van der Waals surface area contributed by atoms with Crippen LogP contribution in [-0.2, 0) is 20.8 Å². The van der Waals surface area contributed by atoms with E-state index in [0.29, 0.717) is 18.6 Å². The number of amides is 3. The van der Waals surface area contributed by atoms with Crippen LogP contribution < -0.4 is 20.9 Å². The van der Waals surface area contributed by atoms with Crippen molar-refractivity contribution >= 4 is 17.7 Å². The van der Waals surface area contributed by atoms with Gasteiger partial charge in [-0.15, -0.1) is 0 Å². The summed E-state index contributed by atoms with van der Waals surface area (Å²) < 4.78 is 5.13. The maximum atomic E-state index is 12.9. The molecule has 0 bridgehead atoms. The monoisotopic (exact) mass is 393 g/mol. The highest BCUT2D eigenvalue weighted by Crippen LogP contribution is 2.22. The van der Waals surface area contributed by atoms with E-state index in [1.165, 1.54) is 7.05 Å². The van der Waals surface area contributed by atoms with E-state index < -0.39 is 29.7 Å². The van der Waals surface area contributed by atoms with Gasteiger partial charge in [0.25, 0.3) is 0 Å². The molecular formula is C20H31N3O5. The summed E-state index contributed by atoms with van der Waals surface area (Å²) in [5.41, 5.74) is 2.46. The van der Waals surface area contributed by atoms with Gasteiger partial charge < -0.3 is 15.4 Å². The summed E-state index contributed by atoms with van der Waals surface area (Å²) in [5.74, 6) is -1.91. The summed E-state index contributed by atoms with van der Waals surface area (Å²) in [6.07, 6.45) is 0.744. The number of ether oxygens (including phenoxy) is 1. The van der Waals surface area contributed by atoms with Crippen LogP contribution in [0.25, 0.3) is 0 Å². The average molecular weight is 393 g/mol. The molecule has 0 aliphatic rings. The Morgan fingerprint density at radius 3 is 2.11 bits per heavy atom. The van der Waals surface area contributed by atoms with Crippen molar-refractivity contribution in [2.45, 2.75) is 39.7 Å². The van der Waals surface area contributed by atoms with Gasteiger partial charge in [-0.3, -0.25) is 19.6 Å². The Morgan fingerprint density at radius 1 is 1.04 bits per heavy atom. The summed E-state index contributed by atoms with van der Waals surface area (Å²) in [6.45, 7) is 5.46. The minimum absolute atomic E-state index is 0.157. The molecule has 1 aromatic carbocycles. The van der Waals surface area contributed by atoms with Crippen molar-refractivity contribution in [2.24, 2.45) is 17.8 Å². The summed E-state index contributed by atoms with van der Waals surface area (Å²) in [5, 5.41) is 14.2. The predicted octanol–water partition coefficient (Wildman–Crippen LogP) is 1.27. The molecule has 0 aliphatic carbocycles. The van der Waals surface area contributed by atoms with E-state index in [0.717, 1.165) is 5.56 Å². The standard InChI is InChI=1S/C20H31N3O5/c1-12(2)10-16(13(3)18(24)23-27)19(25)22-17(20(26)21-4)11-14-6-8-15(28-5)9-7-14/h6-9,12-13,16-17,27H,10-11H2,1-5H3,(H,21,26)(H,22,25)(H,23,24)/t13-,16+,17-/m0/s1. The number of carbonyl (C=O) groups excluding carboxylic acids is 3. The normalized spacial score (nSPS) is 14.0. The molecule has 8 heteroatoms. The Kier molecular flexibility index (Phi) is 9.44. The second kappa shape index (κ2) is 11.3. The van der Waals surface area contributed by atoms with Gasteiger partial charge in [0.05, 0.1) is 7.11 Å². The van der Waals surface area contributed by atoms with Gasteiger partial charge in [0.1, 0.15) is 11.8 Å². The van der Waals surface area contributed by atoms with Crippen LogP contribution in [0.3, 0.4) is 0 Å². The average Bonchev–Trinajstić information content (AvgIpc) is 2.69. The molecule has 156 valence electrons. The lowest BCUT2D eigenvalue weighted by Crippen LogP contribution is -2.50. The van der Waals surface area contributed by atoms with Crippen LogP contribution >= 0.6 is 0 Å². The van der Waals surface area contributed by atoms with Gasteiger partial charge in [-0.2, -0.15) is 0 Å². The van der Waals surface area contributed by atoms with Crippen molar-refractivity contribution in [1.29, 1.82) is 0 Å². The number of hydrogen-bond donors (Lipinski definition) is 4. The Morgan fingerprint density at radius 2 is 1.64 bits per heavy atom. The van der Waals surface area contributed by atoms with Crippen LogP contribution in [0.15, 0.2) is 24.3 Å². The highest BCUT2D eigenvalue weighted by molar-refractivity contribution is 5.91. The van der Waals surface area contributed by atoms with Gasteiger partial charge in [-0.1, -0.05) is 32.9 Å². The van der Waals surface area contributed by atoms with Crippen LogP contribution in [0.2, 0.25) is 0 Å². The molecule has 3 atom stereocenters. The van der Waals surface area contributed by atoms with Crippen LogP contribution in [0.4, 0.5) is 0 Å². The third kappa shape index (κ3) is 6.84. The number of hydroxylamine groups is 1. The van der Waals surface area contributed by atoms with Crippen LogP contribution in [0.1, 0.15) is 32.8 Å². The molecule has 8 nitrogen and oxygen atoms in total. The third-order valence-corrected chi connectivity index (χ3v) is 4.67. The van der Waals surface area contributed by atoms with Crippen LogP contribution in [0.5, 0.6) is 5.75 Å². The molecule has 0 spiro atoms. The van der Waals surface area contributed by atoms with Gasteiger partial charge in [-0.05, 0) is 30.0 Å². The zero-order chi connectivity index (χ0) is 21.3. The third-order valence-electron chi connectivity index (χ3n) is 4.67. The first-order chi connectivity index (χ1) is 13.2. The molecule has 0 aromatic heterocycles. The Balaban J connectivity index is 2.98. The molecule has 0 fully saturated rings. The molecule has 0 saturated heterocycles. The maximum absolute atomic E-state index is 12.9. The van der Waals surface area contributed by atoms with E-state index in [-0.39, 0.29) is 11.8 Å². The lowest BCUT2D eigenvalue weighted by Gasteiger charge is -2.26. The Labute approximate surface area is 166 Å². The van der Waals surface area contributed by atoms with Crippen molar-refractivity contribution < 1.29 is 24.3 Å². The number of benzene rings is 1. The minimum Gasteiger partial charge on any atom is -0.497 e. The number of hydrogen-bond acceptors (Lipinski definition) is 5. The van der Waals surface area contributed by atoms with Gasteiger partial charge in [0.15, 0.2) is 0 Å². The number of likely N-dealkylation sites (N-methyl/N-ethyl adjacent to an activating group) is 1. The lowest BCUT2D eigenvalue weighted by molar-refractivity contribution is -0.141. The zero-order valence-electron chi connectivity index (χ0n) is 17.1.